The third-order valence-electron chi connectivity index (χ3n) is 1.88. The highest BCUT2D eigenvalue weighted by molar-refractivity contribution is 4.70. The number of rotatable bonds is 6. The Morgan fingerprint density at radius 3 is 2.25 bits per heavy atom. The summed E-state index contributed by atoms with van der Waals surface area (Å²) in [5.74, 6) is 0. The van der Waals surface area contributed by atoms with Crippen LogP contribution >= 0.6 is 0 Å². The van der Waals surface area contributed by atoms with Crippen molar-refractivity contribution in [2.24, 2.45) is 0 Å². The van der Waals surface area contributed by atoms with E-state index in [-0.39, 0.29) is 6.10 Å². The smallest absolute Gasteiger partial charge is 0.0616 e. The van der Waals surface area contributed by atoms with E-state index >= 15 is 0 Å². The van der Waals surface area contributed by atoms with E-state index in [4.69, 9.17) is 0 Å². The largest absolute Gasteiger partial charge is 0.393 e. The van der Waals surface area contributed by atoms with Gasteiger partial charge in [0.25, 0.3) is 0 Å². The van der Waals surface area contributed by atoms with Gasteiger partial charge in [-0.3, -0.25) is 0 Å². The Morgan fingerprint density at radius 2 is 1.83 bits per heavy atom. The second-order valence-electron chi connectivity index (χ2n) is 4.17. The SMILES string of the molecule is CCCCCC(O)CC(C)(C)O. The van der Waals surface area contributed by atoms with Crippen LogP contribution in [0.4, 0.5) is 0 Å². The van der Waals surface area contributed by atoms with Crippen molar-refractivity contribution < 1.29 is 10.2 Å². The molecule has 1 atom stereocenters. The van der Waals surface area contributed by atoms with Gasteiger partial charge < -0.3 is 10.2 Å². The van der Waals surface area contributed by atoms with Gasteiger partial charge in [-0.15, -0.1) is 0 Å². The number of aliphatic hydroxyl groups is 2. The Hall–Kier alpha value is -0.0800. The third-order valence-corrected chi connectivity index (χ3v) is 1.88. The summed E-state index contributed by atoms with van der Waals surface area (Å²) in [6, 6.07) is 0. The second kappa shape index (κ2) is 5.55. The van der Waals surface area contributed by atoms with Gasteiger partial charge in [-0.05, 0) is 20.3 Å². The van der Waals surface area contributed by atoms with Crippen molar-refractivity contribution in [1.29, 1.82) is 0 Å². The fourth-order valence-electron chi connectivity index (χ4n) is 1.31. The van der Waals surface area contributed by atoms with Crippen molar-refractivity contribution in [2.45, 2.75) is 64.6 Å². The van der Waals surface area contributed by atoms with Gasteiger partial charge in [-0.1, -0.05) is 26.2 Å². The monoisotopic (exact) mass is 174 g/mol. The maximum Gasteiger partial charge on any atom is 0.0616 e. The molecule has 2 heteroatoms. The van der Waals surface area contributed by atoms with Gasteiger partial charge in [-0.2, -0.15) is 0 Å². The van der Waals surface area contributed by atoms with Crippen LogP contribution < -0.4 is 0 Å². The van der Waals surface area contributed by atoms with Crippen molar-refractivity contribution >= 4 is 0 Å². The zero-order valence-electron chi connectivity index (χ0n) is 8.51. The minimum absolute atomic E-state index is 0.337. The molecule has 1 unspecified atom stereocenters. The molecule has 0 bridgehead atoms. The average Bonchev–Trinajstić information content (AvgIpc) is 1.84. The molecule has 0 heterocycles. The Kier molecular flexibility index (Phi) is 5.51. The highest BCUT2D eigenvalue weighted by Gasteiger charge is 2.17. The fourth-order valence-corrected chi connectivity index (χ4v) is 1.31. The van der Waals surface area contributed by atoms with E-state index in [1.165, 1.54) is 12.8 Å². The molecule has 0 aromatic heterocycles. The summed E-state index contributed by atoms with van der Waals surface area (Å²) in [6.45, 7) is 5.61. The van der Waals surface area contributed by atoms with Gasteiger partial charge >= 0.3 is 0 Å². The molecule has 0 aliphatic carbocycles. The molecule has 0 saturated heterocycles. The van der Waals surface area contributed by atoms with E-state index in [0.717, 1.165) is 12.8 Å². The fraction of sp³-hybridized carbons (Fsp3) is 1.00. The Balaban J connectivity index is 3.40. The molecule has 0 saturated carbocycles. The van der Waals surface area contributed by atoms with E-state index in [2.05, 4.69) is 6.92 Å². The zero-order valence-corrected chi connectivity index (χ0v) is 8.51. The molecule has 0 aromatic carbocycles. The quantitative estimate of drug-likeness (QED) is 0.605. The molecule has 2 N–H and O–H groups in total. The molecule has 2 nitrogen and oxygen atoms in total. The summed E-state index contributed by atoms with van der Waals surface area (Å²) in [5.41, 5.74) is -0.731. The highest BCUT2D eigenvalue weighted by Crippen LogP contribution is 2.15. The molecule has 0 aliphatic heterocycles. The van der Waals surface area contributed by atoms with Gasteiger partial charge in [0.1, 0.15) is 0 Å². The Morgan fingerprint density at radius 1 is 1.25 bits per heavy atom. The van der Waals surface area contributed by atoms with Crippen LogP contribution in [0.3, 0.4) is 0 Å². The van der Waals surface area contributed by atoms with Crippen molar-refractivity contribution in [2.75, 3.05) is 0 Å². The topological polar surface area (TPSA) is 40.5 Å². The maximum atomic E-state index is 9.45. The number of aliphatic hydroxyl groups excluding tert-OH is 1. The number of unbranched alkanes of at least 4 members (excludes halogenated alkanes) is 2. The third kappa shape index (κ3) is 8.02. The highest BCUT2D eigenvalue weighted by atomic mass is 16.3. The molecular weight excluding hydrogens is 152 g/mol. The summed E-state index contributed by atoms with van der Waals surface area (Å²) in [4.78, 5) is 0. The minimum Gasteiger partial charge on any atom is -0.393 e. The Labute approximate surface area is 75.6 Å². The van der Waals surface area contributed by atoms with Crippen LogP contribution in [-0.4, -0.2) is 21.9 Å². The summed E-state index contributed by atoms with van der Waals surface area (Å²) in [7, 11) is 0. The van der Waals surface area contributed by atoms with Gasteiger partial charge in [0.15, 0.2) is 0 Å². The molecule has 74 valence electrons. The first kappa shape index (κ1) is 11.9. The van der Waals surface area contributed by atoms with Crippen molar-refractivity contribution in [3.8, 4) is 0 Å². The van der Waals surface area contributed by atoms with Crippen LogP contribution in [0.25, 0.3) is 0 Å². The van der Waals surface area contributed by atoms with Crippen LogP contribution in [0.1, 0.15) is 52.9 Å². The van der Waals surface area contributed by atoms with E-state index in [0.29, 0.717) is 6.42 Å². The van der Waals surface area contributed by atoms with Crippen molar-refractivity contribution in [3.05, 3.63) is 0 Å². The van der Waals surface area contributed by atoms with Gasteiger partial charge in [-0.25, -0.2) is 0 Å². The van der Waals surface area contributed by atoms with E-state index < -0.39 is 5.60 Å². The summed E-state index contributed by atoms with van der Waals surface area (Å²) in [6.07, 6.45) is 4.37. The van der Waals surface area contributed by atoms with Crippen molar-refractivity contribution in [3.63, 3.8) is 0 Å². The van der Waals surface area contributed by atoms with Crippen LogP contribution in [0.15, 0.2) is 0 Å². The molecule has 0 fully saturated rings. The lowest BCUT2D eigenvalue weighted by Crippen LogP contribution is -2.26. The minimum atomic E-state index is -0.731. The summed E-state index contributed by atoms with van der Waals surface area (Å²) < 4.78 is 0. The predicted octanol–water partition coefficient (Wildman–Crippen LogP) is 2.09. The standard InChI is InChI=1S/C10H22O2/c1-4-5-6-7-9(11)8-10(2,3)12/h9,11-12H,4-8H2,1-3H3. The van der Waals surface area contributed by atoms with Gasteiger partial charge in [0.05, 0.1) is 11.7 Å². The molecule has 0 spiro atoms. The van der Waals surface area contributed by atoms with Crippen molar-refractivity contribution in [1.82, 2.24) is 0 Å². The molecule has 0 amide bonds. The molecule has 0 aliphatic rings. The van der Waals surface area contributed by atoms with Crippen LogP contribution in [0.5, 0.6) is 0 Å². The van der Waals surface area contributed by atoms with E-state index in [1.807, 2.05) is 0 Å². The summed E-state index contributed by atoms with van der Waals surface area (Å²) >= 11 is 0. The lowest BCUT2D eigenvalue weighted by Gasteiger charge is -2.20. The Bertz CT molecular complexity index is 105. The molecule has 0 radical (unpaired) electrons. The van der Waals surface area contributed by atoms with Crippen LogP contribution in [0.2, 0.25) is 0 Å². The second-order valence-corrected chi connectivity index (χ2v) is 4.17. The molecule has 12 heavy (non-hydrogen) atoms. The first-order valence-corrected chi connectivity index (χ1v) is 4.86. The molecule has 0 aromatic rings. The molecular formula is C10H22O2. The lowest BCUT2D eigenvalue weighted by atomic mass is 9.97. The normalized spacial score (nSPS) is 14.8. The first-order chi connectivity index (χ1) is 5.45. The molecule has 0 rings (SSSR count). The summed E-state index contributed by atoms with van der Waals surface area (Å²) in [5, 5.41) is 18.8. The maximum absolute atomic E-state index is 9.45. The number of hydrogen-bond donors (Lipinski definition) is 2. The van der Waals surface area contributed by atoms with E-state index in [1.54, 1.807) is 13.8 Å². The van der Waals surface area contributed by atoms with Gasteiger partial charge in [0.2, 0.25) is 0 Å². The van der Waals surface area contributed by atoms with Crippen LogP contribution in [-0.2, 0) is 0 Å². The van der Waals surface area contributed by atoms with E-state index in [9.17, 15) is 10.2 Å². The number of hydrogen-bond acceptors (Lipinski definition) is 2. The van der Waals surface area contributed by atoms with Gasteiger partial charge in [0, 0.05) is 6.42 Å². The lowest BCUT2D eigenvalue weighted by molar-refractivity contribution is 0.0151. The average molecular weight is 174 g/mol. The predicted molar refractivity (Wildman–Crippen MR) is 51.1 cm³/mol. The van der Waals surface area contributed by atoms with Crippen LogP contribution in [0, 0.1) is 0 Å². The zero-order chi connectivity index (χ0) is 9.61. The first-order valence-electron chi connectivity index (χ1n) is 4.86.